The van der Waals surface area contributed by atoms with E-state index in [1.165, 1.54) is 24.0 Å². The van der Waals surface area contributed by atoms with E-state index in [1.54, 1.807) is 0 Å². The van der Waals surface area contributed by atoms with E-state index in [1.807, 2.05) is 0 Å². The third-order valence-corrected chi connectivity index (χ3v) is 3.34. The van der Waals surface area contributed by atoms with Crippen LogP contribution in [0.3, 0.4) is 0 Å². The van der Waals surface area contributed by atoms with E-state index >= 15 is 0 Å². The summed E-state index contributed by atoms with van der Waals surface area (Å²) < 4.78 is 5.95. The third-order valence-electron chi connectivity index (χ3n) is 3.34. The summed E-state index contributed by atoms with van der Waals surface area (Å²) in [6, 6.07) is 6.43. The van der Waals surface area contributed by atoms with Crippen molar-refractivity contribution in [3.63, 3.8) is 0 Å². The van der Waals surface area contributed by atoms with Gasteiger partial charge in [-0.25, -0.2) is 0 Å². The van der Waals surface area contributed by atoms with Gasteiger partial charge in [-0.3, -0.25) is 0 Å². The quantitative estimate of drug-likeness (QED) is 0.707. The van der Waals surface area contributed by atoms with Crippen molar-refractivity contribution in [2.45, 2.75) is 59.5 Å². The van der Waals surface area contributed by atoms with Crippen molar-refractivity contribution < 1.29 is 4.74 Å². The molecule has 1 aromatic carbocycles. The van der Waals surface area contributed by atoms with Crippen molar-refractivity contribution in [1.29, 1.82) is 0 Å². The number of unbranched alkanes of at least 4 members (excludes halogenated alkanes) is 1. The first-order valence-electron chi connectivity index (χ1n) is 7.52. The van der Waals surface area contributed by atoms with Crippen LogP contribution < -0.4 is 10.1 Å². The SMILES string of the molecule is CCCCNCC(C)Oc1ccc(C(C)C)c(C)c1. The Hall–Kier alpha value is -1.02. The lowest BCUT2D eigenvalue weighted by Gasteiger charge is -2.17. The molecule has 0 aliphatic heterocycles. The van der Waals surface area contributed by atoms with E-state index in [2.05, 4.69) is 58.1 Å². The average molecular weight is 263 g/mol. The van der Waals surface area contributed by atoms with Gasteiger partial charge in [0.15, 0.2) is 0 Å². The highest BCUT2D eigenvalue weighted by atomic mass is 16.5. The second-order valence-corrected chi connectivity index (χ2v) is 5.66. The molecule has 0 spiro atoms. The third kappa shape index (κ3) is 5.65. The molecule has 19 heavy (non-hydrogen) atoms. The van der Waals surface area contributed by atoms with E-state index < -0.39 is 0 Å². The summed E-state index contributed by atoms with van der Waals surface area (Å²) in [4.78, 5) is 0. The highest BCUT2D eigenvalue weighted by Crippen LogP contribution is 2.23. The van der Waals surface area contributed by atoms with Crippen LogP contribution >= 0.6 is 0 Å². The van der Waals surface area contributed by atoms with Crippen LogP contribution in [-0.2, 0) is 0 Å². The lowest BCUT2D eigenvalue weighted by atomic mass is 9.98. The lowest BCUT2D eigenvalue weighted by molar-refractivity contribution is 0.217. The summed E-state index contributed by atoms with van der Waals surface area (Å²) >= 11 is 0. The molecular formula is C17H29NO. The minimum atomic E-state index is 0.209. The normalized spacial score (nSPS) is 12.7. The molecule has 1 atom stereocenters. The van der Waals surface area contributed by atoms with Crippen molar-refractivity contribution in [2.24, 2.45) is 0 Å². The van der Waals surface area contributed by atoms with Crippen LogP contribution in [0.1, 0.15) is 57.6 Å². The van der Waals surface area contributed by atoms with Gasteiger partial charge >= 0.3 is 0 Å². The smallest absolute Gasteiger partial charge is 0.120 e. The fourth-order valence-corrected chi connectivity index (χ4v) is 2.25. The van der Waals surface area contributed by atoms with Gasteiger partial charge in [0.05, 0.1) is 0 Å². The van der Waals surface area contributed by atoms with Gasteiger partial charge < -0.3 is 10.1 Å². The van der Waals surface area contributed by atoms with Crippen LogP contribution in [0.2, 0.25) is 0 Å². The van der Waals surface area contributed by atoms with Crippen molar-refractivity contribution in [3.05, 3.63) is 29.3 Å². The standard InChI is InChI=1S/C17H29NO/c1-6-7-10-18-12-15(5)19-16-8-9-17(13(2)3)14(4)11-16/h8-9,11,13,15,18H,6-7,10,12H2,1-5H3. The predicted molar refractivity (Wildman–Crippen MR) is 83.1 cm³/mol. The summed E-state index contributed by atoms with van der Waals surface area (Å²) in [5, 5.41) is 3.43. The number of hydrogen-bond donors (Lipinski definition) is 1. The molecule has 0 saturated carbocycles. The minimum absolute atomic E-state index is 0.209. The largest absolute Gasteiger partial charge is 0.489 e. The first kappa shape index (κ1) is 16.0. The number of rotatable bonds is 8. The zero-order valence-corrected chi connectivity index (χ0v) is 13.1. The molecule has 0 saturated heterocycles. The molecule has 1 rings (SSSR count). The minimum Gasteiger partial charge on any atom is -0.489 e. The molecule has 0 fully saturated rings. The molecule has 1 N–H and O–H groups in total. The monoisotopic (exact) mass is 263 g/mol. The van der Waals surface area contributed by atoms with E-state index in [0.29, 0.717) is 5.92 Å². The van der Waals surface area contributed by atoms with Gasteiger partial charge in [-0.15, -0.1) is 0 Å². The maximum absolute atomic E-state index is 5.95. The highest BCUT2D eigenvalue weighted by molar-refractivity contribution is 5.36. The van der Waals surface area contributed by atoms with Crippen LogP contribution in [0.15, 0.2) is 18.2 Å². The van der Waals surface area contributed by atoms with Gasteiger partial charge in [-0.2, -0.15) is 0 Å². The maximum atomic E-state index is 5.95. The molecule has 0 amide bonds. The summed E-state index contributed by atoms with van der Waals surface area (Å²) in [6.07, 6.45) is 2.67. The van der Waals surface area contributed by atoms with Gasteiger partial charge in [-0.05, 0) is 56.0 Å². The first-order chi connectivity index (χ1) is 9.04. The number of ether oxygens (including phenoxy) is 1. The zero-order valence-electron chi connectivity index (χ0n) is 13.1. The predicted octanol–water partition coefficient (Wildman–Crippen LogP) is 4.28. The van der Waals surface area contributed by atoms with Crippen molar-refractivity contribution in [2.75, 3.05) is 13.1 Å². The van der Waals surface area contributed by atoms with Crippen LogP contribution in [0.4, 0.5) is 0 Å². The molecule has 2 nitrogen and oxygen atoms in total. The van der Waals surface area contributed by atoms with Crippen LogP contribution in [0.25, 0.3) is 0 Å². The first-order valence-corrected chi connectivity index (χ1v) is 7.52. The molecule has 0 heterocycles. The number of benzene rings is 1. The molecule has 0 aliphatic rings. The molecule has 0 radical (unpaired) electrons. The van der Waals surface area contributed by atoms with Crippen LogP contribution in [0.5, 0.6) is 5.75 Å². The van der Waals surface area contributed by atoms with Gasteiger partial charge in [0.2, 0.25) is 0 Å². The van der Waals surface area contributed by atoms with Gasteiger partial charge in [0.1, 0.15) is 11.9 Å². The fraction of sp³-hybridized carbons (Fsp3) is 0.647. The molecule has 1 unspecified atom stereocenters. The Labute approximate surface area is 118 Å². The molecule has 2 heteroatoms. The van der Waals surface area contributed by atoms with Gasteiger partial charge in [0.25, 0.3) is 0 Å². The molecule has 0 bridgehead atoms. The Morgan fingerprint density at radius 2 is 1.95 bits per heavy atom. The van der Waals surface area contributed by atoms with Gasteiger partial charge in [-0.1, -0.05) is 33.3 Å². The zero-order chi connectivity index (χ0) is 14.3. The van der Waals surface area contributed by atoms with Crippen molar-refractivity contribution in [3.8, 4) is 5.75 Å². The number of nitrogens with one attached hydrogen (secondary N) is 1. The second-order valence-electron chi connectivity index (χ2n) is 5.66. The molecule has 0 aliphatic carbocycles. The number of aryl methyl sites for hydroxylation is 1. The van der Waals surface area contributed by atoms with E-state index in [0.717, 1.165) is 18.8 Å². The summed E-state index contributed by atoms with van der Waals surface area (Å²) in [5.41, 5.74) is 2.72. The summed E-state index contributed by atoms with van der Waals surface area (Å²) in [7, 11) is 0. The van der Waals surface area contributed by atoms with Crippen molar-refractivity contribution >= 4 is 0 Å². The molecule has 108 valence electrons. The Kier molecular flexibility index (Phi) is 6.93. The van der Waals surface area contributed by atoms with E-state index in [-0.39, 0.29) is 6.10 Å². The van der Waals surface area contributed by atoms with Crippen LogP contribution in [-0.4, -0.2) is 19.2 Å². The number of hydrogen-bond acceptors (Lipinski definition) is 2. The Morgan fingerprint density at radius 3 is 2.53 bits per heavy atom. The Bertz CT molecular complexity index is 374. The lowest BCUT2D eigenvalue weighted by Crippen LogP contribution is -2.29. The van der Waals surface area contributed by atoms with Crippen LogP contribution in [0, 0.1) is 6.92 Å². The van der Waals surface area contributed by atoms with E-state index in [4.69, 9.17) is 4.74 Å². The average Bonchev–Trinajstić information content (AvgIpc) is 2.34. The molecule has 1 aromatic rings. The topological polar surface area (TPSA) is 21.3 Å². The van der Waals surface area contributed by atoms with Gasteiger partial charge in [0, 0.05) is 6.54 Å². The summed E-state index contributed by atoms with van der Waals surface area (Å²) in [6.45, 7) is 12.9. The Morgan fingerprint density at radius 1 is 1.21 bits per heavy atom. The van der Waals surface area contributed by atoms with E-state index in [9.17, 15) is 0 Å². The van der Waals surface area contributed by atoms with Crippen molar-refractivity contribution in [1.82, 2.24) is 5.32 Å². The maximum Gasteiger partial charge on any atom is 0.120 e. The molecule has 0 aromatic heterocycles. The second kappa shape index (κ2) is 8.21. The Balaban J connectivity index is 2.46. The summed E-state index contributed by atoms with van der Waals surface area (Å²) in [5.74, 6) is 1.55. The molecular weight excluding hydrogens is 234 g/mol. The highest BCUT2D eigenvalue weighted by Gasteiger charge is 2.07. The fourth-order valence-electron chi connectivity index (χ4n) is 2.25.